The van der Waals surface area contributed by atoms with Crippen LogP contribution in [0, 0.1) is 0 Å². The van der Waals surface area contributed by atoms with Crippen molar-refractivity contribution in [3.8, 4) is 0 Å². The van der Waals surface area contributed by atoms with Crippen LogP contribution >= 0.6 is 0 Å². The van der Waals surface area contributed by atoms with Gasteiger partial charge in [-0.25, -0.2) is 4.98 Å². The predicted molar refractivity (Wildman–Crippen MR) is 69.9 cm³/mol. The van der Waals surface area contributed by atoms with E-state index in [0.29, 0.717) is 0 Å². The van der Waals surface area contributed by atoms with Crippen molar-refractivity contribution in [2.75, 3.05) is 0 Å². The Balaban J connectivity index is 1.73. The van der Waals surface area contributed by atoms with Gasteiger partial charge in [0.05, 0.1) is 6.20 Å². The highest BCUT2D eigenvalue weighted by Crippen LogP contribution is 2.17. The van der Waals surface area contributed by atoms with Gasteiger partial charge in [0.2, 0.25) is 0 Å². The molecule has 92 valence electrons. The molecule has 1 unspecified atom stereocenters. The molecule has 0 spiro atoms. The van der Waals surface area contributed by atoms with Crippen molar-refractivity contribution >= 4 is 11.0 Å². The number of aromatic nitrogens is 4. The quantitative estimate of drug-likeness (QED) is 0.655. The van der Waals surface area contributed by atoms with Crippen LogP contribution in [0.5, 0.6) is 0 Å². The van der Waals surface area contributed by atoms with Gasteiger partial charge in [0.1, 0.15) is 5.65 Å². The van der Waals surface area contributed by atoms with Gasteiger partial charge in [-0.15, -0.1) is 0 Å². The molecule has 0 saturated carbocycles. The van der Waals surface area contributed by atoms with E-state index in [1.54, 1.807) is 6.20 Å². The first-order valence-electron chi connectivity index (χ1n) is 5.97. The molecule has 0 amide bonds. The third-order valence-corrected chi connectivity index (χ3v) is 3.15. The van der Waals surface area contributed by atoms with Crippen LogP contribution in [0.1, 0.15) is 24.1 Å². The highest BCUT2D eigenvalue weighted by Gasteiger charge is 2.08. The fourth-order valence-electron chi connectivity index (χ4n) is 2.04. The Morgan fingerprint density at radius 3 is 3.17 bits per heavy atom. The lowest BCUT2D eigenvalue weighted by Crippen LogP contribution is -2.17. The summed E-state index contributed by atoms with van der Waals surface area (Å²) in [5.74, 6) is 0. The molecule has 5 nitrogen and oxygen atoms in total. The summed E-state index contributed by atoms with van der Waals surface area (Å²) in [5.41, 5.74) is 3.33. The maximum atomic E-state index is 4.28. The Kier molecular flexibility index (Phi) is 2.82. The zero-order valence-electron chi connectivity index (χ0n) is 10.1. The van der Waals surface area contributed by atoms with Crippen LogP contribution in [0.15, 0.2) is 36.9 Å². The van der Waals surface area contributed by atoms with Crippen LogP contribution in [0.2, 0.25) is 0 Å². The number of H-pyrrole nitrogens is 2. The molecule has 0 radical (unpaired) electrons. The number of pyridine rings is 1. The van der Waals surface area contributed by atoms with Crippen molar-refractivity contribution in [1.29, 1.82) is 0 Å². The van der Waals surface area contributed by atoms with Crippen molar-refractivity contribution < 1.29 is 0 Å². The molecule has 5 heteroatoms. The van der Waals surface area contributed by atoms with Gasteiger partial charge in [-0.3, -0.25) is 5.10 Å². The Hall–Kier alpha value is -2.14. The topological polar surface area (TPSA) is 69.4 Å². The normalized spacial score (nSPS) is 12.9. The van der Waals surface area contributed by atoms with Gasteiger partial charge in [0.15, 0.2) is 0 Å². The molecule has 3 heterocycles. The van der Waals surface area contributed by atoms with Gasteiger partial charge < -0.3 is 10.3 Å². The molecule has 0 aliphatic carbocycles. The first-order chi connectivity index (χ1) is 8.84. The number of hydrogen-bond donors (Lipinski definition) is 3. The van der Waals surface area contributed by atoms with Crippen molar-refractivity contribution in [1.82, 2.24) is 25.5 Å². The molecule has 18 heavy (non-hydrogen) atoms. The largest absolute Gasteiger partial charge is 0.346 e. The van der Waals surface area contributed by atoms with Crippen molar-refractivity contribution in [2.24, 2.45) is 0 Å². The summed E-state index contributed by atoms with van der Waals surface area (Å²) >= 11 is 0. The van der Waals surface area contributed by atoms with E-state index in [4.69, 9.17) is 0 Å². The maximum Gasteiger partial charge on any atom is 0.137 e. The Morgan fingerprint density at radius 2 is 2.33 bits per heavy atom. The van der Waals surface area contributed by atoms with E-state index >= 15 is 0 Å². The van der Waals surface area contributed by atoms with E-state index in [2.05, 4.69) is 38.5 Å². The van der Waals surface area contributed by atoms with E-state index in [9.17, 15) is 0 Å². The second-order valence-electron chi connectivity index (χ2n) is 4.35. The number of fused-ring (bicyclic) bond motifs is 1. The van der Waals surface area contributed by atoms with Gasteiger partial charge in [0.25, 0.3) is 0 Å². The monoisotopic (exact) mass is 241 g/mol. The smallest absolute Gasteiger partial charge is 0.137 e. The fourth-order valence-corrected chi connectivity index (χ4v) is 2.04. The summed E-state index contributed by atoms with van der Waals surface area (Å²) < 4.78 is 0. The van der Waals surface area contributed by atoms with E-state index < -0.39 is 0 Å². The summed E-state index contributed by atoms with van der Waals surface area (Å²) in [6.07, 6.45) is 7.56. The van der Waals surface area contributed by atoms with Crippen LogP contribution in [0.4, 0.5) is 0 Å². The standard InChI is InChI=1S/C13H15N5/c1-9(10-7-17-18-8-10)15-5-11-6-16-13-12(11)3-2-4-14-13/h2-4,6-9,15H,5H2,1H3,(H,14,16)(H,17,18). The maximum absolute atomic E-state index is 4.28. The number of hydrogen-bond acceptors (Lipinski definition) is 3. The van der Waals surface area contributed by atoms with Crippen LogP contribution in [-0.2, 0) is 6.54 Å². The molecule has 3 N–H and O–H groups in total. The summed E-state index contributed by atoms with van der Waals surface area (Å²) in [5, 5.41) is 11.4. The average Bonchev–Trinajstić information content (AvgIpc) is 3.06. The molecular weight excluding hydrogens is 226 g/mol. The van der Waals surface area contributed by atoms with Crippen LogP contribution in [0.3, 0.4) is 0 Å². The molecule has 3 aromatic rings. The van der Waals surface area contributed by atoms with Gasteiger partial charge in [-0.05, 0) is 24.6 Å². The Bertz CT molecular complexity index is 626. The molecule has 0 fully saturated rings. The number of nitrogens with one attached hydrogen (secondary N) is 3. The minimum Gasteiger partial charge on any atom is -0.346 e. The second kappa shape index (κ2) is 4.62. The lowest BCUT2D eigenvalue weighted by molar-refractivity contribution is 0.576. The lowest BCUT2D eigenvalue weighted by atomic mass is 10.1. The third-order valence-electron chi connectivity index (χ3n) is 3.15. The number of nitrogens with zero attached hydrogens (tertiary/aromatic N) is 2. The van der Waals surface area contributed by atoms with Crippen LogP contribution in [0.25, 0.3) is 11.0 Å². The van der Waals surface area contributed by atoms with E-state index in [-0.39, 0.29) is 6.04 Å². The van der Waals surface area contributed by atoms with Gasteiger partial charge in [0, 0.05) is 42.1 Å². The molecule has 0 aliphatic rings. The van der Waals surface area contributed by atoms with E-state index in [0.717, 1.165) is 17.8 Å². The van der Waals surface area contributed by atoms with Gasteiger partial charge in [-0.1, -0.05) is 0 Å². The van der Waals surface area contributed by atoms with Crippen LogP contribution in [-0.4, -0.2) is 20.2 Å². The summed E-state index contributed by atoms with van der Waals surface area (Å²) in [6, 6.07) is 4.31. The molecule has 1 atom stereocenters. The Morgan fingerprint density at radius 1 is 1.39 bits per heavy atom. The second-order valence-corrected chi connectivity index (χ2v) is 4.35. The minimum absolute atomic E-state index is 0.269. The van der Waals surface area contributed by atoms with Crippen LogP contribution < -0.4 is 5.32 Å². The molecule has 0 aliphatic heterocycles. The number of aromatic amines is 2. The average molecular weight is 241 g/mol. The molecule has 0 saturated heterocycles. The molecule has 0 bridgehead atoms. The first kappa shape index (κ1) is 11.0. The van der Waals surface area contributed by atoms with Gasteiger partial charge >= 0.3 is 0 Å². The SMILES string of the molecule is CC(NCc1c[nH]c2ncccc12)c1cn[nH]c1. The fraction of sp³-hybridized carbons (Fsp3) is 0.231. The Labute approximate surface area is 105 Å². The molecule has 3 aromatic heterocycles. The van der Waals surface area contributed by atoms with E-state index in [1.165, 1.54) is 10.9 Å². The van der Waals surface area contributed by atoms with Crippen molar-refractivity contribution in [3.05, 3.63) is 48.0 Å². The summed E-state index contributed by atoms with van der Waals surface area (Å²) in [6.45, 7) is 2.93. The zero-order chi connectivity index (χ0) is 12.4. The highest BCUT2D eigenvalue weighted by molar-refractivity contribution is 5.79. The lowest BCUT2D eigenvalue weighted by Gasteiger charge is -2.11. The first-order valence-corrected chi connectivity index (χ1v) is 5.97. The third kappa shape index (κ3) is 2.00. The van der Waals surface area contributed by atoms with Crippen molar-refractivity contribution in [3.63, 3.8) is 0 Å². The molecule has 3 rings (SSSR count). The predicted octanol–water partition coefficient (Wildman–Crippen LogP) is 2.14. The van der Waals surface area contributed by atoms with Crippen molar-refractivity contribution in [2.45, 2.75) is 19.5 Å². The van der Waals surface area contributed by atoms with Gasteiger partial charge in [-0.2, -0.15) is 5.10 Å². The minimum atomic E-state index is 0.269. The summed E-state index contributed by atoms with van der Waals surface area (Å²) in [7, 11) is 0. The number of rotatable bonds is 4. The highest BCUT2D eigenvalue weighted by atomic mass is 15.1. The summed E-state index contributed by atoms with van der Waals surface area (Å²) in [4.78, 5) is 7.46. The molecular formula is C13H15N5. The zero-order valence-corrected chi connectivity index (χ0v) is 10.1. The van der Waals surface area contributed by atoms with E-state index in [1.807, 2.05) is 24.7 Å². The molecule has 0 aromatic carbocycles.